The zero-order chi connectivity index (χ0) is 18.5. The molecule has 4 nitrogen and oxygen atoms in total. The van der Waals surface area contributed by atoms with Crippen LogP contribution in [0.4, 0.5) is 4.39 Å². The van der Waals surface area contributed by atoms with Gasteiger partial charge in [0.15, 0.2) is 0 Å². The van der Waals surface area contributed by atoms with Crippen LogP contribution in [0.3, 0.4) is 0 Å². The molecule has 132 valence electrons. The van der Waals surface area contributed by atoms with Gasteiger partial charge in [-0.25, -0.2) is 4.39 Å². The SMILES string of the molecule is Cc1c(O)cccc1CCNC(=O)c1ccc(-c2cccc(F)c2)nc1. The topological polar surface area (TPSA) is 62.2 Å². The standard InChI is InChI=1S/C21H19FN2O2/c1-14-15(4-3-7-20(14)25)10-11-23-21(26)17-8-9-19(24-13-17)16-5-2-6-18(22)12-16/h2-9,12-13,25H,10-11H2,1H3,(H,23,26). The van der Waals surface area contributed by atoms with Crippen LogP contribution in [-0.2, 0) is 6.42 Å². The highest BCUT2D eigenvalue weighted by molar-refractivity contribution is 5.94. The molecule has 0 saturated carbocycles. The van der Waals surface area contributed by atoms with Gasteiger partial charge in [-0.15, -0.1) is 0 Å². The molecule has 0 unspecified atom stereocenters. The van der Waals surface area contributed by atoms with Gasteiger partial charge in [0, 0.05) is 18.3 Å². The molecule has 0 spiro atoms. The van der Waals surface area contributed by atoms with E-state index in [2.05, 4.69) is 10.3 Å². The number of hydrogen-bond acceptors (Lipinski definition) is 3. The van der Waals surface area contributed by atoms with Gasteiger partial charge in [-0.05, 0) is 54.8 Å². The number of hydrogen-bond donors (Lipinski definition) is 2. The second kappa shape index (κ2) is 7.78. The molecule has 0 aliphatic carbocycles. The molecule has 0 aliphatic heterocycles. The number of phenols is 1. The number of phenolic OH excluding ortho intramolecular Hbond substituents is 1. The number of carbonyl (C=O) groups is 1. The van der Waals surface area contributed by atoms with Crippen LogP contribution in [0, 0.1) is 12.7 Å². The van der Waals surface area contributed by atoms with E-state index in [1.165, 1.54) is 18.3 Å². The quantitative estimate of drug-likeness (QED) is 0.734. The van der Waals surface area contributed by atoms with E-state index in [1.807, 2.05) is 13.0 Å². The molecule has 5 heteroatoms. The van der Waals surface area contributed by atoms with Gasteiger partial charge >= 0.3 is 0 Å². The Morgan fingerprint density at radius 2 is 1.96 bits per heavy atom. The molecule has 2 aromatic carbocycles. The van der Waals surface area contributed by atoms with E-state index in [1.54, 1.807) is 36.4 Å². The third-order valence-electron chi connectivity index (χ3n) is 4.24. The molecule has 3 aromatic rings. The second-order valence-corrected chi connectivity index (χ2v) is 6.01. The summed E-state index contributed by atoms with van der Waals surface area (Å²) in [4.78, 5) is 16.5. The van der Waals surface area contributed by atoms with Crippen molar-refractivity contribution in [2.24, 2.45) is 0 Å². The summed E-state index contributed by atoms with van der Waals surface area (Å²) in [5.74, 6) is -0.291. The highest BCUT2D eigenvalue weighted by atomic mass is 19.1. The minimum atomic E-state index is -0.326. The maximum Gasteiger partial charge on any atom is 0.252 e. The van der Waals surface area contributed by atoms with Crippen molar-refractivity contribution in [1.29, 1.82) is 0 Å². The van der Waals surface area contributed by atoms with Crippen molar-refractivity contribution in [3.8, 4) is 17.0 Å². The molecule has 0 aliphatic rings. The van der Waals surface area contributed by atoms with Crippen LogP contribution in [0.15, 0.2) is 60.8 Å². The summed E-state index contributed by atoms with van der Waals surface area (Å²) < 4.78 is 13.3. The number of aromatic nitrogens is 1. The van der Waals surface area contributed by atoms with Crippen molar-refractivity contribution < 1.29 is 14.3 Å². The van der Waals surface area contributed by atoms with Crippen LogP contribution in [0.25, 0.3) is 11.3 Å². The fourth-order valence-electron chi connectivity index (χ4n) is 2.70. The third kappa shape index (κ3) is 4.06. The highest BCUT2D eigenvalue weighted by Gasteiger charge is 2.08. The van der Waals surface area contributed by atoms with E-state index >= 15 is 0 Å². The van der Waals surface area contributed by atoms with Gasteiger partial charge in [0.05, 0.1) is 11.3 Å². The number of amides is 1. The maximum absolute atomic E-state index is 13.3. The highest BCUT2D eigenvalue weighted by Crippen LogP contribution is 2.20. The molecular formula is C21H19FN2O2. The summed E-state index contributed by atoms with van der Waals surface area (Å²) >= 11 is 0. The fourth-order valence-corrected chi connectivity index (χ4v) is 2.70. The largest absolute Gasteiger partial charge is 0.508 e. The second-order valence-electron chi connectivity index (χ2n) is 6.01. The zero-order valence-corrected chi connectivity index (χ0v) is 14.4. The number of rotatable bonds is 5. The first-order valence-electron chi connectivity index (χ1n) is 8.32. The smallest absolute Gasteiger partial charge is 0.252 e. The molecule has 0 bridgehead atoms. The summed E-state index contributed by atoms with van der Waals surface area (Å²) in [5, 5.41) is 12.5. The van der Waals surface area contributed by atoms with Crippen molar-refractivity contribution in [3.05, 3.63) is 83.3 Å². The van der Waals surface area contributed by atoms with E-state index in [-0.39, 0.29) is 17.5 Å². The predicted molar refractivity (Wildman–Crippen MR) is 98.5 cm³/mol. The van der Waals surface area contributed by atoms with Crippen LogP contribution < -0.4 is 5.32 Å². The molecule has 1 aromatic heterocycles. The molecule has 0 radical (unpaired) electrons. The average molecular weight is 350 g/mol. The van der Waals surface area contributed by atoms with Gasteiger partial charge in [0.2, 0.25) is 0 Å². The lowest BCUT2D eigenvalue weighted by molar-refractivity contribution is 0.0954. The Hall–Kier alpha value is -3.21. The normalized spacial score (nSPS) is 10.5. The number of benzene rings is 2. The van der Waals surface area contributed by atoms with Gasteiger partial charge in [-0.1, -0.05) is 24.3 Å². The lowest BCUT2D eigenvalue weighted by Crippen LogP contribution is -2.26. The lowest BCUT2D eigenvalue weighted by Gasteiger charge is -2.09. The van der Waals surface area contributed by atoms with Crippen molar-refractivity contribution in [2.75, 3.05) is 6.54 Å². The number of nitrogens with one attached hydrogen (secondary N) is 1. The van der Waals surface area contributed by atoms with Crippen molar-refractivity contribution in [3.63, 3.8) is 0 Å². The molecule has 0 saturated heterocycles. The minimum absolute atomic E-state index is 0.221. The Kier molecular flexibility index (Phi) is 5.27. The molecule has 3 rings (SSSR count). The summed E-state index contributed by atoms with van der Waals surface area (Å²) in [5.41, 5.74) is 3.53. The molecule has 1 heterocycles. The van der Waals surface area contributed by atoms with Gasteiger partial charge in [-0.3, -0.25) is 9.78 Å². The van der Waals surface area contributed by atoms with E-state index in [9.17, 15) is 14.3 Å². The van der Waals surface area contributed by atoms with Crippen molar-refractivity contribution >= 4 is 5.91 Å². The molecule has 1 amide bonds. The third-order valence-corrected chi connectivity index (χ3v) is 4.24. The number of aromatic hydroxyl groups is 1. The molecular weight excluding hydrogens is 331 g/mol. The van der Waals surface area contributed by atoms with Crippen LogP contribution in [-0.4, -0.2) is 22.5 Å². The van der Waals surface area contributed by atoms with Gasteiger partial charge in [0.1, 0.15) is 11.6 Å². The molecule has 2 N–H and O–H groups in total. The maximum atomic E-state index is 13.3. The van der Waals surface area contributed by atoms with Crippen LogP contribution in [0.2, 0.25) is 0 Å². The first-order chi connectivity index (χ1) is 12.5. The zero-order valence-electron chi connectivity index (χ0n) is 14.4. The molecule has 26 heavy (non-hydrogen) atoms. The Morgan fingerprint density at radius 1 is 1.15 bits per heavy atom. The van der Waals surface area contributed by atoms with Gasteiger partial charge in [0.25, 0.3) is 5.91 Å². The van der Waals surface area contributed by atoms with Crippen molar-refractivity contribution in [2.45, 2.75) is 13.3 Å². The Balaban J connectivity index is 1.61. The van der Waals surface area contributed by atoms with E-state index in [4.69, 9.17) is 0 Å². The Morgan fingerprint density at radius 3 is 2.69 bits per heavy atom. The first-order valence-corrected chi connectivity index (χ1v) is 8.32. The van der Waals surface area contributed by atoms with Gasteiger partial charge < -0.3 is 10.4 Å². The number of halogens is 1. The van der Waals surface area contributed by atoms with Crippen LogP contribution in [0.1, 0.15) is 21.5 Å². The number of nitrogens with zero attached hydrogens (tertiary/aromatic N) is 1. The molecule has 0 fully saturated rings. The van der Waals surface area contributed by atoms with E-state index in [0.717, 1.165) is 11.1 Å². The lowest BCUT2D eigenvalue weighted by atomic mass is 10.0. The summed E-state index contributed by atoms with van der Waals surface area (Å²) in [7, 11) is 0. The summed E-state index contributed by atoms with van der Waals surface area (Å²) in [6, 6.07) is 14.9. The predicted octanol–water partition coefficient (Wildman–Crippen LogP) is 3.87. The van der Waals surface area contributed by atoms with Gasteiger partial charge in [-0.2, -0.15) is 0 Å². The average Bonchev–Trinajstić information content (AvgIpc) is 2.65. The number of carbonyl (C=O) groups excluding carboxylic acids is 1. The Bertz CT molecular complexity index is 924. The van der Waals surface area contributed by atoms with Crippen molar-refractivity contribution in [1.82, 2.24) is 10.3 Å². The monoisotopic (exact) mass is 350 g/mol. The summed E-state index contributed by atoms with van der Waals surface area (Å²) in [6.07, 6.45) is 2.11. The summed E-state index contributed by atoms with van der Waals surface area (Å²) in [6.45, 7) is 2.30. The minimum Gasteiger partial charge on any atom is -0.508 e. The Labute approximate surface area is 151 Å². The number of pyridine rings is 1. The van der Waals surface area contributed by atoms with E-state index in [0.29, 0.717) is 29.8 Å². The first kappa shape index (κ1) is 17.6. The van der Waals surface area contributed by atoms with Crippen LogP contribution >= 0.6 is 0 Å². The van der Waals surface area contributed by atoms with E-state index < -0.39 is 0 Å². The van der Waals surface area contributed by atoms with Crippen LogP contribution in [0.5, 0.6) is 5.75 Å². The molecule has 0 atom stereocenters. The fraction of sp³-hybridized carbons (Fsp3) is 0.143.